The number of β-amino-alcohol motifs (C(OH)–C–C–N with tert-alkyl or cyclic N) is 1. The van der Waals surface area contributed by atoms with Crippen molar-refractivity contribution in [3.05, 3.63) is 66.0 Å². The molecule has 2 aliphatic rings. The van der Waals surface area contributed by atoms with Crippen LogP contribution in [0, 0.1) is 5.82 Å². The first kappa shape index (κ1) is 22.7. The zero-order valence-corrected chi connectivity index (χ0v) is 18.8. The summed E-state index contributed by atoms with van der Waals surface area (Å²) in [6, 6.07) is 17.0. The van der Waals surface area contributed by atoms with Crippen LogP contribution < -0.4 is 4.74 Å². The molecule has 6 heteroatoms. The Morgan fingerprint density at radius 3 is 2.50 bits per heavy atom. The Bertz CT molecular complexity index is 901. The summed E-state index contributed by atoms with van der Waals surface area (Å²) in [6.07, 6.45) is 4.39. The summed E-state index contributed by atoms with van der Waals surface area (Å²) in [4.78, 5) is 16.2. The molecule has 1 aliphatic heterocycles. The number of hydrogen-bond donors (Lipinski definition) is 1. The minimum Gasteiger partial charge on any atom is -0.490 e. The Morgan fingerprint density at radius 2 is 1.81 bits per heavy atom. The van der Waals surface area contributed by atoms with Crippen LogP contribution in [-0.4, -0.2) is 65.2 Å². The fourth-order valence-electron chi connectivity index (χ4n) is 5.14. The van der Waals surface area contributed by atoms with Gasteiger partial charge in [0, 0.05) is 38.7 Å². The van der Waals surface area contributed by atoms with E-state index in [9.17, 15) is 14.3 Å². The smallest absolute Gasteiger partial charge is 0.219 e. The third-order valence-corrected chi connectivity index (χ3v) is 6.87. The van der Waals surface area contributed by atoms with Crippen LogP contribution in [0.25, 0.3) is 0 Å². The second-order valence-electron chi connectivity index (χ2n) is 9.30. The number of ether oxygens (including phenoxy) is 1. The van der Waals surface area contributed by atoms with Gasteiger partial charge in [0.2, 0.25) is 5.91 Å². The molecule has 32 heavy (non-hydrogen) atoms. The summed E-state index contributed by atoms with van der Waals surface area (Å²) in [7, 11) is 0. The van der Waals surface area contributed by atoms with Gasteiger partial charge in [-0.2, -0.15) is 0 Å². The quantitative estimate of drug-likeness (QED) is 0.768. The Balaban J connectivity index is 1.42. The van der Waals surface area contributed by atoms with E-state index >= 15 is 0 Å². The third kappa shape index (κ3) is 5.67. The standard InChI is InChI=1S/C26H33FN2O3/c1-20(30)28-14-15-29(24-12-10-22(11-13-24)21-6-3-2-4-7-21)18-26(31,17-28)19-32-25-9-5-8-23(27)16-25/h2-9,16,22,24,31H,10-15,17-19H2,1H3. The lowest BCUT2D eigenvalue weighted by molar-refractivity contribution is -0.132. The number of rotatable bonds is 5. The van der Waals surface area contributed by atoms with E-state index in [-0.39, 0.29) is 24.9 Å². The fourth-order valence-corrected chi connectivity index (χ4v) is 5.14. The highest BCUT2D eigenvalue weighted by atomic mass is 19.1. The molecule has 2 aromatic rings. The number of nitrogens with zero attached hydrogens (tertiary/aromatic N) is 2. The molecule has 1 saturated heterocycles. The minimum absolute atomic E-state index is 0.0100. The van der Waals surface area contributed by atoms with Gasteiger partial charge in [-0.25, -0.2) is 4.39 Å². The molecule has 2 fully saturated rings. The van der Waals surface area contributed by atoms with E-state index in [1.165, 1.54) is 24.6 Å². The monoisotopic (exact) mass is 440 g/mol. The Kier molecular flexibility index (Phi) is 7.11. The zero-order valence-electron chi connectivity index (χ0n) is 18.8. The minimum atomic E-state index is -1.22. The SMILES string of the molecule is CC(=O)N1CCN(C2CCC(c3ccccc3)CC2)CC(O)(COc2cccc(F)c2)C1. The molecule has 1 aliphatic carbocycles. The van der Waals surface area contributed by atoms with Gasteiger partial charge in [0.25, 0.3) is 0 Å². The van der Waals surface area contributed by atoms with E-state index in [0.29, 0.717) is 30.8 Å². The van der Waals surface area contributed by atoms with Crippen molar-refractivity contribution in [1.82, 2.24) is 9.80 Å². The maximum atomic E-state index is 13.5. The molecule has 0 aromatic heterocycles. The number of benzene rings is 2. The van der Waals surface area contributed by atoms with Gasteiger partial charge in [-0.3, -0.25) is 9.69 Å². The van der Waals surface area contributed by atoms with Crippen molar-refractivity contribution in [2.75, 3.05) is 32.8 Å². The van der Waals surface area contributed by atoms with Crippen LogP contribution in [0.3, 0.4) is 0 Å². The van der Waals surface area contributed by atoms with Crippen LogP contribution in [0.15, 0.2) is 54.6 Å². The summed E-state index contributed by atoms with van der Waals surface area (Å²) in [6.45, 7) is 3.53. The molecule has 5 nitrogen and oxygen atoms in total. The van der Waals surface area contributed by atoms with Crippen molar-refractivity contribution in [2.45, 2.75) is 50.2 Å². The van der Waals surface area contributed by atoms with Gasteiger partial charge >= 0.3 is 0 Å². The van der Waals surface area contributed by atoms with Crippen LogP contribution in [0.1, 0.15) is 44.1 Å². The molecule has 172 valence electrons. The second-order valence-corrected chi connectivity index (χ2v) is 9.30. The Morgan fingerprint density at radius 1 is 1.06 bits per heavy atom. The molecule has 1 heterocycles. The van der Waals surface area contributed by atoms with Crippen LogP contribution in [0.2, 0.25) is 0 Å². The topological polar surface area (TPSA) is 53.0 Å². The number of carbonyl (C=O) groups excluding carboxylic acids is 1. The molecule has 4 rings (SSSR count). The Hall–Kier alpha value is -2.44. The molecule has 0 spiro atoms. The molecule has 1 unspecified atom stereocenters. The van der Waals surface area contributed by atoms with Gasteiger partial charge in [0.1, 0.15) is 23.8 Å². The lowest BCUT2D eigenvalue weighted by Crippen LogP contribution is -2.53. The number of amides is 1. The molecule has 1 N–H and O–H groups in total. The maximum absolute atomic E-state index is 13.5. The van der Waals surface area contributed by atoms with E-state index < -0.39 is 5.60 Å². The molecule has 1 saturated carbocycles. The van der Waals surface area contributed by atoms with Crippen molar-refractivity contribution in [2.24, 2.45) is 0 Å². The maximum Gasteiger partial charge on any atom is 0.219 e. The van der Waals surface area contributed by atoms with Crippen molar-refractivity contribution >= 4 is 5.91 Å². The van der Waals surface area contributed by atoms with Gasteiger partial charge < -0.3 is 14.7 Å². The highest BCUT2D eigenvalue weighted by molar-refractivity contribution is 5.73. The first-order valence-corrected chi connectivity index (χ1v) is 11.6. The fraction of sp³-hybridized carbons (Fsp3) is 0.500. The normalized spacial score (nSPS) is 27.0. The number of halogens is 1. The summed E-state index contributed by atoms with van der Waals surface area (Å²) in [5.74, 6) is 0.539. The lowest BCUT2D eigenvalue weighted by atomic mass is 9.81. The highest BCUT2D eigenvalue weighted by Crippen LogP contribution is 2.35. The van der Waals surface area contributed by atoms with Crippen molar-refractivity contribution in [1.29, 1.82) is 0 Å². The first-order valence-electron chi connectivity index (χ1n) is 11.6. The van der Waals surface area contributed by atoms with Gasteiger partial charge in [-0.05, 0) is 49.3 Å². The summed E-state index contributed by atoms with van der Waals surface area (Å²) >= 11 is 0. The van der Waals surface area contributed by atoms with E-state index in [1.54, 1.807) is 17.0 Å². The first-order chi connectivity index (χ1) is 15.4. The van der Waals surface area contributed by atoms with Crippen molar-refractivity contribution in [3.8, 4) is 5.75 Å². The van der Waals surface area contributed by atoms with Crippen LogP contribution in [-0.2, 0) is 4.79 Å². The van der Waals surface area contributed by atoms with E-state index in [2.05, 4.69) is 35.2 Å². The number of carbonyl (C=O) groups is 1. The Labute approximate surface area is 189 Å². The van der Waals surface area contributed by atoms with Gasteiger partial charge in [-0.1, -0.05) is 36.4 Å². The molecular weight excluding hydrogens is 407 g/mol. The molecule has 1 atom stereocenters. The molecule has 2 aromatic carbocycles. The molecule has 0 radical (unpaired) electrons. The largest absolute Gasteiger partial charge is 0.490 e. The third-order valence-electron chi connectivity index (χ3n) is 6.87. The average Bonchev–Trinajstić information content (AvgIpc) is 2.98. The lowest BCUT2D eigenvalue weighted by Gasteiger charge is -2.39. The highest BCUT2D eigenvalue weighted by Gasteiger charge is 2.39. The molecule has 0 bridgehead atoms. The number of aliphatic hydroxyl groups is 1. The molecule has 1 amide bonds. The van der Waals surface area contributed by atoms with Crippen LogP contribution in [0.4, 0.5) is 4.39 Å². The van der Waals surface area contributed by atoms with Crippen molar-refractivity contribution < 1.29 is 19.0 Å². The summed E-state index contributed by atoms with van der Waals surface area (Å²) < 4.78 is 19.3. The van der Waals surface area contributed by atoms with E-state index in [4.69, 9.17) is 4.74 Å². The summed E-state index contributed by atoms with van der Waals surface area (Å²) in [5.41, 5.74) is 0.190. The predicted molar refractivity (Wildman–Crippen MR) is 122 cm³/mol. The van der Waals surface area contributed by atoms with Gasteiger partial charge in [0.05, 0.1) is 6.54 Å². The average molecular weight is 441 g/mol. The van der Waals surface area contributed by atoms with Crippen molar-refractivity contribution in [3.63, 3.8) is 0 Å². The van der Waals surface area contributed by atoms with Gasteiger partial charge in [0.15, 0.2) is 0 Å². The predicted octanol–water partition coefficient (Wildman–Crippen LogP) is 3.83. The molecular formula is C26H33FN2O3. The van der Waals surface area contributed by atoms with Crippen LogP contribution in [0.5, 0.6) is 5.75 Å². The van der Waals surface area contributed by atoms with E-state index in [0.717, 1.165) is 32.2 Å². The zero-order chi connectivity index (χ0) is 22.6. The van der Waals surface area contributed by atoms with E-state index in [1.807, 2.05) is 0 Å². The number of hydrogen-bond acceptors (Lipinski definition) is 4. The van der Waals surface area contributed by atoms with Crippen LogP contribution >= 0.6 is 0 Å². The van der Waals surface area contributed by atoms with Gasteiger partial charge in [-0.15, -0.1) is 0 Å². The summed E-state index contributed by atoms with van der Waals surface area (Å²) in [5, 5.41) is 11.5. The second kappa shape index (κ2) is 10.0.